The quantitative estimate of drug-likeness (QED) is 0.918. The van der Waals surface area contributed by atoms with Crippen LogP contribution in [0.5, 0.6) is 0 Å². The van der Waals surface area contributed by atoms with Gasteiger partial charge in [-0.15, -0.1) is 0 Å². The third kappa shape index (κ3) is 2.24. The van der Waals surface area contributed by atoms with Crippen molar-refractivity contribution in [3.8, 4) is 11.5 Å². The van der Waals surface area contributed by atoms with Crippen LogP contribution in [-0.2, 0) is 0 Å². The molecule has 0 bridgehead atoms. The molecule has 2 aromatic heterocycles. The van der Waals surface area contributed by atoms with Crippen LogP contribution in [0.15, 0.2) is 27.3 Å². The van der Waals surface area contributed by atoms with Crippen molar-refractivity contribution in [1.29, 1.82) is 0 Å². The third-order valence-corrected chi connectivity index (χ3v) is 2.53. The van der Waals surface area contributed by atoms with Crippen LogP contribution in [-0.4, -0.2) is 9.97 Å². The van der Waals surface area contributed by atoms with Crippen molar-refractivity contribution >= 4 is 21.7 Å². The maximum Gasteiger partial charge on any atom is 0.169 e. The Morgan fingerprint density at radius 2 is 2.06 bits per heavy atom. The fourth-order valence-corrected chi connectivity index (χ4v) is 1.63. The summed E-state index contributed by atoms with van der Waals surface area (Å²) in [5.41, 5.74) is 6.45. The van der Waals surface area contributed by atoms with Gasteiger partial charge >= 0.3 is 0 Å². The zero-order chi connectivity index (χ0) is 11.7. The molecule has 4 nitrogen and oxygen atoms in total. The first-order chi connectivity index (χ1) is 7.56. The fraction of sp³-hybridized carbons (Fsp3) is 0.273. The van der Waals surface area contributed by atoms with Crippen LogP contribution in [0.25, 0.3) is 11.5 Å². The molecule has 0 aliphatic heterocycles. The largest absolute Gasteiger partial charge is 0.448 e. The molecule has 0 aliphatic rings. The molecule has 0 saturated carbocycles. The van der Waals surface area contributed by atoms with E-state index in [9.17, 15) is 0 Å². The number of halogens is 1. The van der Waals surface area contributed by atoms with E-state index in [1.807, 2.05) is 26.0 Å². The van der Waals surface area contributed by atoms with Crippen molar-refractivity contribution < 1.29 is 4.42 Å². The summed E-state index contributed by atoms with van der Waals surface area (Å²) in [6, 6.07) is 5.37. The number of aromatic nitrogens is 2. The molecule has 0 fully saturated rings. The molecule has 84 valence electrons. The first kappa shape index (κ1) is 11.1. The summed E-state index contributed by atoms with van der Waals surface area (Å²) in [6.45, 7) is 4.05. The number of nitrogens with two attached hydrogens (primary N) is 1. The summed E-state index contributed by atoms with van der Waals surface area (Å²) < 4.78 is 6.10. The maximum atomic E-state index is 5.74. The van der Waals surface area contributed by atoms with E-state index in [0.717, 1.165) is 5.82 Å². The monoisotopic (exact) mass is 281 g/mol. The van der Waals surface area contributed by atoms with Crippen molar-refractivity contribution in [3.63, 3.8) is 0 Å². The highest BCUT2D eigenvalue weighted by atomic mass is 79.9. The minimum Gasteiger partial charge on any atom is -0.448 e. The van der Waals surface area contributed by atoms with Crippen LogP contribution < -0.4 is 5.73 Å². The van der Waals surface area contributed by atoms with Crippen LogP contribution in [0.1, 0.15) is 25.6 Å². The SMILES string of the molecule is CC(C)c1nc(N)cc(-c2ccc(Br)o2)n1. The van der Waals surface area contributed by atoms with Gasteiger partial charge in [0.25, 0.3) is 0 Å². The van der Waals surface area contributed by atoms with Crippen molar-refractivity contribution in [1.82, 2.24) is 9.97 Å². The summed E-state index contributed by atoms with van der Waals surface area (Å²) >= 11 is 3.25. The number of furan rings is 1. The van der Waals surface area contributed by atoms with Crippen molar-refractivity contribution in [2.75, 3.05) is 5.73 Å². The van der Waals surface area contributed by atoms with Gasteiger partial charge in [0.1, 0.15) is 17.3 Å². The summed E-state index contributed by atoms with van der Waals surface area (Å²) in [6.07, 6.45) is 0. The molecule has 0 spiro atoms. The molecule has 5 heteroatoms. The zero-order valence-electron chi connectivity index (χ0n) is 9.07. The first-order valence-corrected chi connectivity index (χ1v) is 5.75. The van der Waals surface area contributed by atoms with Gasteiger partial charge < -0.3 is 10.2 Å². The molecule has 0 aliphatic carbocycles. The highest BCUT2D eigenvalue weighted by Gasteiger charge is 2.10. The van der Waals surface area contributed by atoms with Gasteiger partial charge in [-0.1, -0.05) is 13.8 Å². The number of nitrogens with zero attached hydrogens (tertiary/aromatic N) is 2. The maximum absolute atomic E-state index is 5.74. The second-order valence-corrected chi connectivity index (χ2v) is 4.58. The molecular formula is C11H12BrN3O. The Balaban J connectivity index is 2.49. The smallest absolute Gasteiger partial charge is 0.169 e. The summed E-state index contributed by atoms with van der Waals surface area (Å²) in [5.74, 6) is 2.10. The van der Waals surface area contributed by atoms with E-state index in [1.165, 1.54) is 0 Å². The van der Waals surface area contributed by atoms with Crippen LogP contribution in [0.2, 0.25) is 0 Å². The molecule has 2 rings (SSSR count). The molecule has 2 aromatic rings. The molecule has 0 atom stereocenters. The average molecular weight is 282 g/mol. The lowest BCUT2D eigenvalue weighted by Crippen LogP contribution is -2.02. The molecule has 16 heavy (non-hydrogen) atoms. The second kappa shape index (κ2) is 4.25. The van der Waals surface area contributed by atoms with Gasteiger partial charge in [0.05, 0.1) is 0 Å². The molecule has 0 saturated heterocycles. The van der Waals surface area contributed by atoms with E-state index < -0.39 is 0 Å². The van der Waals surface area contributed by atoms with E-state index in [0.29, 0.717) is 21.9 Å². The average Bonchev–Trinajstić information content (AvgIpc) is 2.64. The van der Waals surface area contributed by atoms with Gasteiger partial charge in [0.2, 0.25) is 0 Å². The molecule has 0 amide bonds. The van der Waals surface area contributed by atoms with Crippen LogP contribution >= 0.6 is 15.9 Å². The molecule has 0 radical (unpaired) electrons. The Morgan fingerprint density at radius 1 is 1.31 bits per heavy atom. The number of nitrogen functional groups attached to an aromatic ring is 1. The Morgan fingerprint density at radius 3 is 2.62 bits per heavy atom. The van der Waals surface area contributed by atoms with Crippen LogP contribution in [0.3, 0.4) is 0 Å². The predicted molar refractivity (Wildman–Crippen MR) is 65.9 cm³/mol. The van der Waals surface area contributed by atoms with E-state index in [2.05, 4.69) is 25.9 Å². The number of rotatable bonds is 2. The van der Waals surface area contributed by atoms with Crippen molar-refractivity contribution in [2.24, 2.45) is 0 Å². The van der Waals surface area contributed by atoms with Gasteiger partial charge in [-0.25, -0.2) is 9.97 Å². The minimum absolute atomic E-state index is 0.237. The Bertz CT molecular complexity index is 508. The highest BCUT2D eigenvalue weighted by Crippen LogP contribution is 2.25. The topological polar surface area (TPSA) is 64.9 Å². The lowest BCUT2D eigenvalue weighted by atomic mass is 10.2. The van der Waals surface area contributed by atoms with Gasteiger partial charge in [-0.05, 0) is 28.1 Å². The summed E-state index contributed by atoms with van der Waals surface area (Å²) in [4.78, 5) is 8.59. The number of anilines is 1. The Hall–Kier alpha value is -1.36. The summed E-state index contributed by atoms with van der Waals surface area (Å²) in [5, 5.41) is 0. The molecule has 2 heterocycles. The number of hydrogen-bond donors (Lipinski definition) is 1. The Kier molecular flexibility index (Phi) is 2.96. The molecule has 0 aromatic carbocycles. The predicted octanol–water partition coefficient (Wildman–Crippen LogP) is 3.20. The van der Waals surface area contributed by atoms with Crippen molar-refractivity contribution in [3.05, 3.63) is 28.7 Å². The second-order valence-electron chi connectivity index (χ2n) is 3.79. The molecule has 2 N–H and O–H groups in total. The summed E-state index contributed by atoms with van der Waals surface area (Å²) in [7, 11) is 0. The molecule has 0 unspecified atom stereocenters. The lowest BCUT2D eigenvalue weighted by molar-refractivity contribution is 0.553. The lowest BCUT2D eigenvalue weighted by Gasteiger charge is -2.06. The number of hydrogen-bond acceptors (Lipinski definition) is 4. The zero-order valence-corrected chi connectivity index (χ0v) is 10.7. The van der Waals surface area contributed by atoms with E-state index in [4.69, 9.17) is 10.2 Å². The van der Waals surface area contributed by atoms with Crippen LogP contribution in [0, 0.1) is 0 Å². The standard InChI is InChI=1S/C11H12BrN3O/c1-6(2)11-14-7(5-10(13)15-11)8-3-4-9(12)16-8/h3-6H,1-2H3,(H2,13,14,15). The van der Waals surface area contributed by atoms with E-state index >= 15 is 0 Å². The first-order valence-electron chi connectivity index (χ1n) is 4.96. The van der Waals surface area contributed by atoms with Gasteiger partial charge in [0.15, 0.2) is 10.4 Å². The normalized spacial score (nSPS) is 11.0. The molecular weight excluding hydrogens is 270 g/mol. The van der Waals surface area contributed by atoms with E-state index in [-0.39, 0.29) is 5.92 Å². The fourth-order valence-electron chi connectivity index (χ4n) is 1.32. The third-order valence-electron chi connectivity index (χ3n) is 2.11. The van der Waals surface area contributed by atoms with Gasteiger partial charge in [-0.3, -0.25) is 0 Å². The van der Waals surface area contributed by atoms with Gasteiger partial charge in [0, 0.05) is 12.0 Å². The highest BCUT2D eigenvalue weighted by molar-refractivity contribution is 9.10. The minimum atomic E-state index is 0.237. The van der Waals surface area contributed by atoms with Gasteiger partial charge in [-0.2, -0.15) is 0 Å². The Labute approximate surface area is 102 Å². The van der Waals surface area contributed by atoms with E-state index in [1.54, 1.807) is 6.07 Å². The van der Waals surface area contributed by atoms with Crippen molar-refractivity contribution in [2.45, 2.75) is 19.8 Å². The van der Waals surface area contributed by atoms with Crippen LogP contribution in [0.4, 0.5) is 5.82 Å².